The Labute approximate surface area is 139 Å². The van der Waals surface area contributed by atoms with E-state index in [4.69, 9.17) is 5.73 Å². The number of anilines is 1. The Morgan fingerprint density at radius 1 is 1.32 bits per heavy atom. The van der Waals surface area contributed by atoms with Crippen LogP contribution in [0.3, 0.4) is 0 Å². The van der Waals surface area contributed by atoms with E-state index >= 15 is 0 Å². The Balaban J connectivity index is 0.00000176. The minimum atomic E-state index is -0.758. The maximum Gasteiger partial charge on any atom is 0.246 e. The zero-order chi connectivity index (χ0) is 15.1. The molecule has 1 aromatic carbocycles. The molecule has 0 bridgehead atoms. The Morgan fingerprint density at radius 2 is 1.95 bits per heavy atom. The lowest BCUT2D eigenvalue weighted by Gasteiger charge is -2.31. The Bertz CT molecular complexity index is 550. The Kier molecular flexibility index (Phi) is 4.88. The first kappa shape index (κ1) is 17.3. The Hall–Kier alpha value is -1.06. The third-order valence-corrected chi connectivity index (χ3v) is 5.29. The standard InChI is InChI=1S/C18H26N2O.ClH/c1-3-10-17(2,19)16(21)20-13-18(11-6-7-12-18)14-8-4-5-9-15(14)20;/h4-5,8-9H,3,6-7,10-13,19H2,1-2H3;1H. The molecule has 1 saturated carbocycles. The van der Waals surface area contributed by atoms with E-state index in [0.29, 0.717) is 0 Å². The number of carbonyl (C=O) groups excluding carboxylic acids is 1. The minimum absolute atomic E-state index is 0. The highest BCUT2D eigenvalue weighted by atomic mass is 35.5. The van der Waals surface area contributed by atoms with Crippen molar-refractivity contribution in [1.82, 2.24) is 0 Å². The van der Waals surface area contributed by atoms with Crippen molar-refractivity contribution < 1.29 is 4.79 Å². The molecule has 1 fully saturated rings. The van der Waals surface area contributed by atoms with Crippen molar-refractivity contribution in [2.75, 3.05) is 11.4 Å². The number of nitrogens with two attached hydrogens (primary N) is 1. The lowest BCUT2D eigenvalue weighted by atomic mass is 9.81. The molecule has 2 N–H and O–H groups in total. The molecule has 0 radical (unpaired) electrons. The van der Waals surface area contributed by atoms with E-state index in [2.05, 4.69) is 25.1 Å². The van der Waals surface area contributed by atoms with E-state index in [1.807, 2.05) is 17.9 Å². The monoisotopic (exact) mass is 322 g/mol. The maximum atomic E-state index is 13.0. The first-order valence-corrected chi connectivity index (χ1v) is 8.20. The zero-order valence-electron chi connectivity index (χ0n) is 13.6. The molecule has 1 unspecified atom stereocenters. The topological polar surface area (TPSA) is 46.3 Å². The van der Waals surface area contributed by atoms with Gasteiger partial charge in [0.1, 0.15) is 0 Å². The highest BCUT2D eigenvalue weighted by Crippen LogP contribution is 2.50. The van der Waals surface area contributed by atoms with Crippen LogP contribution in [0.4, 0.5) is 5.69 Å². The van der Waals surface area contributed by atoms with Crippen LogP contribution in [0.5, 0.6) is 0 Å². The van der Waals surface area contributed by atoms with Gasteiger partial charge in [-0.2, -0.15) is 0 Å². The van der Waals surface area contributed by atoms with Gasteiger partial charge in [0.2, 0.25) is 5.91 Å². The molecule has 1 atom stereocenters. The van der Waals surface area contributed by atoms with Crippen LogP contribution in [0.15, 0.2) is 24.3 Å². The molecule has 2 aliphatic rings. The number of para-hydroxylation sites is 1. The third kappa shape index (κ3) is 2.65. The third-order valence-electron chi connectivity index (χ3n) is 5.29. The van der Waals surface area contributed by atoms with Crippen molar-refractivity contribution in [2.24, 2.45) is 5.73 Å². The fourth-order valence-corrected chi connectivity index (χ4v) is 4.23. The predicted molar refractivity (Wildman–Crippen MR) is 93.7 cm³/mol. The van der Waals surface area contributed by atoms with Crippen LogP contribution < -0.4 is 10.6 Å². The SMILES string of the molecule is CCCC(C)(N)C(=O)N1CC2(CCCC2)c2ccccc21.Cl. The molecule has 1 amide bonds. The number of hydrogen-bond donors (Lipinski definition) is 1. The summed E-state index contributed by atoms with van der Waals surface area (Å²) in [4.78, 5) is 14.9. The van der Waals surface area contributed by atoms with Gasteiger partial charge in [-0.25, -0.2) is 0 Å². The molecule has 1 spiro atoms. The maximum absolute atomic E-state index is 13.0. The number of benzene rings is 1. The van der Waals surface area contributed by atoms with Gasteiger partial charge in [0.05, 0.1) is 5.54 Å². The number of fused-ring (bicyclic) bond motifs is 2. The van der Waals surface area contributed by atoms with Crippen LogP contribution in [0, 0.1) is 0 Å². The highest BCUT2D eigenvalue weighted by molar-refractivity contribution is 6.02. The molecule has 4 heteroatoms. The van der Waals surface area contributed by atoms with E-state index in [1.165, 1.54) is 31.2 Å². The van der Waals surface area contributed by atoms with Crippen LogP contribution in [-0.2, 0) is 10.2 Å². The molecule has 0 aromatic heterocycles. The molecular weight excluding hydrogens is 296 g/mol. The van der Waals surface area contributed by atoms with Gasteiger partial charge in [0, 0.05) is 17.6 Å². The Morgan fingerprint density at radius 3 is 2.59 bits per heavy atom. The van der Waals surface area contributed by atoms with E-state index in [9.17, 15) is 4.79 Å². The van der Waals surface area contributed by atoms with Crippen molar-refractivity contribution in [3.63, 3.8) is 0 Å². The first-order chi connectivity index (χ1) is 10.0. The molecule has 3 rings (SSSR count). The second-order valence-electron chi connectivity index (χ2n) is 7.06. The average Bonchev–Trinajstić information content (AvgIpc) is 3.05. The molecule has 22 heavy (non-hydrogen) atoms. The summed E-state index contributed by atoms with van der Waals surface area (Å²) < 4.78 is 0. The largest absolute Gasteiger partial charge is 0.318 e. The molecule has 1 aliphatic carbocycles. The zero-order valence-corrected chi connectivity index (χ0v) is 14.4. The van der Waals surface area contributed by atoms with Crippen LogP contribution >= 0.6 is 12.4 Å². The van der Waals surface area contributed by atoms with Gasteiger partial charge in [0.25, 0.3) is 0 Å². The second-order valence-corrected chi connectivity index (χ2v) is 7.06. The van der Waals surface area contributed by atoms with E-state index in [-0.39, 0.29) is 23.7 Å². The molecule has 1 aromatic rings. The number of amides is 1. The van der Waals surface area contributed by atoms with Gasteiger partial charge < -0.3 is 10.6 Å². The van der Waals surface area contributed by atoms with Crippen LogP contribution in [-0.4, -0.2) is 18.0 Å². The summed E-state index contributed by atoms with van der Waals surface area (Å²) >= 11 is 0. The molecular formula is C18H27ClN2O. The number of nitrogens with zero attached hydrogens (tertiary/aromatic N) is 1. The number of hydrogen-bond acceptors (Lipinski definition) is 2. The molecule has 122 valence electrons. The van der Waals surface area contributed by atoms with Gasteiger partial charge in [-0.3, -0.25) is 4.79 Å². The van der Waals surface area contributed by atoms with Gasteiger partial charge in [-0.1, -0.05) is 44.4 Å². The molecule has 0 saturated heterocycles. The van der Waals surface area contributed by atoms with Crippen LogP contribution in [0.1, 0.15) is 57.9 Å². The number of carbonyl (C=O) groups is 1. The van der Waals surface area contributed by atoms with Gasteiger partial charge in [-0.05, 0) is 37.8 Å². The number of halogens is 1. The summed E-state index contributed by atoms with van der Waals surface area (Å²) in [5.74, 6) is 0.0839. The summed E-state index contributed by atoms with van der Waals surface area (Å²) in [5.41, 5.74) is 8.19. The number of rotatable bonds is 3. The molecule has 1 heterocycles. The van der Waals surface area contributed by atoms with E-state index in [0.717, 1.165) is 25.1 Å². The summed E-state index contributed by atoms with van der Waals surface area (Å²) in [6, 6.07) is 8.42. The molecule has 1 aliphatic heterocycles. The summed E-state index contributed by atoms with van der Waals surface area (Å²) in [6.07, 6.45) is 6.60. The normalized spacial score (nSPS) is 21.3. The van der Waals surface area contributed by atoms with Gasteiger partial charge >= 0.3 is 0 Å². The van der Waals surface area contributed by atoms with Crippen LogP contribution in [0.2, 0.25) is 0 Å². The summed E-state index contributed by atoms with van der Waals surface area (Å²) in [6.45, 7) is 4.78. The lowest BCUT2D eigenvalue weighted by molar-refractivity contribution is -0.123. The van der Waals surface area contributed by atoms with Gasteiger partial charge in [0.15, 0.2) is 0 Å². The smallest absolute Gasteiger partial charge is 0.246 e. The van der Waals surface area contributed by atoms with E-state index < -0.39 is 5.54 Å². The van der Waals surface area contributed by atoms with Crippen LogP contribution in [0.25, 0.3) is 0 Å². The fraction of sp³-hybridized carbons (Fsp3) is 0.611. The van der Waals surface area contributed by atoms with Crippen molar-refractivity contribution in [1.29, 1.82) is 0 Å². The fourth-order valence-electron chi connectivity index (χ4n) is 4.23. The molecule has 3 nitrogen and oxygen atoms in total. The lowest BCUT2D eigenvalue weighted by Crippen LogP contribution is -2.54. The van der Waals surface area contributed by atoms with Crippen molar-refractivity contribution in [2.45, 2.75) is 63.3 Å². The second kappa shape index (κ2) is 6.21. The highest BCUT2D eigenvalue weighted by Gasteiger charge is 2.48. The predicted octanol–water partition coefficient (Wildman–Crippen LogP) is 3.78. The average molecular weight is 323 g/mol. The summed E-state index contributed by atoms with van der Waals surface area (Å²) in [7, 11) is 0. The first-order valence-electron chi connectivity index (χ1n) is 8.20. The van der Waals surface area contributed by atoms with Crippen molar-refractivity contribution in [3.8, 4) is 0 Å². The van der Waals surface area contributed by atoms with Crippen molar-refractivity contribution >= 4 is 24.0 Å². The minimum Gasteiger partial charge on any atom is -0.318 e. The van der Waals surface area contributed by atoms with Crippen molar-refractivity contribution in [3.05, 3.63) is 29.8 Å². The quantitative estimate of drug-likeness (QED) is 0.920. The van der Waals surface area contributed by atoms with E-state index in [1.54, 1.807) is 0 Å². The summed E-state index contributed by atoms with van der Waals surface area (Å²) in [5, 5.41) is 0. The van der Waals surface area contributed by atoms with Gasteiger partial charge in [-0.15, -0.1) is 12.4 Å².